The molecular weight excluding hydrogens is 259 g/mol. The monoisotopic (exact) mass is 270 g/mol. The summed E-state index contributed by atoms with van der Waals surface area (Å²) >= 11 is 0. The maximum Gasteiger partial charge on any atom is 0.239 e. The lowest BCUT2D eigenvalue weighted by molar-refractivity contribution is 0.619. The highest BCUT2D eigenvalue weighted by Gasteiger charge is 2.08. The Morgan fingerprint density at radius 3 is 2.90 bits per heavy atom. The van der Waals surface area contributed by atoms with Crippen LogP contribution in [-0.4, -0.2) is 15.0 Å². The molecule has 4 N–H and O–H groups in total. The number of hydrazine groups is 1. The molecule has 100 valence electrons. The summed E-state index contributed by atoms with van der Waals surface area (Å²) in [6.07, 6.45) is 4.46. The molecule has 7 heteroatoms. The van der Waals surface area contributed by atoms with E-state index in [0.717, 1.165) is 17.0 Å². The molecule has 0 unspecified atom stereocenters. The Balaban J connectivity index is 2.05. The minimum Gasteiger partial charge on any atom is -0.337 e. The van der Waals surface area contributed by atoms with Gasteiger partial charge in [-0.25, -0.2) is 15.2 Å². The first kappa shape index (κ1) is 12.2. The molecule has 0 fully saturated rings. The number of halogens is 1. The van der Waals surface area contributed by atoms with Gasteiger partial charge in [-0.3, -0.25) is 10.4 Å². The lowest BCUT2D eigenvalue weighted by Gasteiger charge is -2.10. The number of anilines is 3. The van der Waals surface area contributed by atoms with Crippen LogP contribution in [0, 0.1) is 5.82 Å². The molecule has 0 aliphatic heterocycles. The highest BCUT2D eigenvalue weighted by Crippen LogP contribution is 2.26. The summed E-state index contributed by atoms with van der Waals surface area (Å²) in [5.74, 6) is 4.83. The van der Waals surface area contributed by atoms with E-state index in [4.69, 9.17) is 5.84 Å². The molecule has 0 radical (unpaired) electrons. The number of nitrogens with two attached hydrogens (primary N) is 1. The first-order valence-electron chi connectivity index (χ1n) is 5.87. The molecule has 20 heavy (non-hydrogen) atoms. The van der Waals surface area contributed by atoms with Gasteiger partial charge in [0.1, 0.15) is 0 Å². The molecule has 0 bridgehead atoms. The Kier molecular flexibility index (Phi) is 3.10. The highest BCUT2D eigenvalue weighted by atomic mass is 19.1. The zero-order valence-corrected chi connectivity index (χ0v) is 10.3. The quantitative estimate of drug-likeness (QED) is 0.499. The standard InChI is InChI=1S/C13H11FN6/c14-10-7-17-13(20-15)19-12(10)18-11-3-1-2-8-4-5-16-6-9(8)11/h1-7H,15H2,(H2,17,18,19,20). The number of pyridine rings is 1. The summed E-state index contributed by atoms with van der Waals surface area (Å²) in [5, 5.41) is 4.80. The lowest BCUT2D eigenvalue weighted by atomic mass is 10.1. The van der Waals surface area contributed by atoms with Gasteiger partial charge in [0, 0.05) is 23.5 Å². The predicted octanol–water partition coefficient (Wildman–Crippen LogP) is 2.19. The third-order valence-corrected chi connectivity index (χ3v) is 2.81. The average Bonchev–Trinajstić information content (AvgIpc) is 2.50. The summed E-state index contributed by atoms with van der Waals surface area (Å²) in [6, 6.07) is 7.52. The van der Waals surface area contributed by atoms with Crippen molar-refractivity contribution < 1.29 is 4.39 Å². The molecule has 0 saturated carbocycles. The number of fused-ring (bicyclic) bond motifs is 1. The number of benzene rings is 1. The van der Waals surface area contributed by atoms with Crippen LogP contribution in [0.5, 0.6) is 0 Å². The van der Waals surface area contributed by atoms with E-state index in [0.29, 0.717) is 5.69 Å². The Hall–Kier alpha value is -2.80. The zero-order valence-electron chi connectivity index (χ0n) is 10.3. The number of hydrogen-bond acceptors (Lipinski definition) is 6. The van der Waals surface area contributed by atoms with Crippen molar-refractivity contribution in [3.63, 3.8) is 0 Å². The van der Waals surface area contributed by atoms with Gasteiger partial charge in [0.15, 0.2) is 11.6 Å². The zero-order chi connectivity index (χ0) is 13.9. The smallest absolute Gasteiger partial charge is 0.239 e. The van der Waals surface area contributed by atoms with Gasteiger partial charge in [-0.1, -0.05) is 12.1 Å². The van der Waals surface area contributed by atoms with Crippen molar-refractivity contribution in [2.45, 2.75) is 0 Å². The third-order valence-electron chi connectivity index (χ3n) is 2.81. The third kappa shape index (κ3) is 2.21. The Bertz CT molecular complexity index is 755. The van der Waals surface area contributed by atoms with Crippen LogP contribution in [0.25, 0.3) is 10.8 Å². The van der Waals surface area contributed by atoms with Crippen LogP contribution in [0.2, 0.25) is 0 Å². The van der Waals surface area contributed by atoms with E-state index in [2.05, 4.69) is 25.7 Å². The molecule has 3 aromatic rings. The molecule has 0 spiro atoms. The topological polar surface area (TPSA) is 88.8 Å². The van der Waals surface area contributed by atoms with Gasteiger partial charge < -0.3 is 5.32 Å². The van der Waals surface area contributed by atoms with Crippen molar-refractivity contribution in [2.75, 3.05) is 10.7 Å². The first-order valence-corrected chi connectivity index (χ1v) is 5.87. The number of nitrogens with one attached hydrogen (secondary N) is 2. The SMILES string of the molecule is NNc1ncc(F)c(Nc2cccc3ccncc23)n1. The van der Waals surface area contributed by atoms with Gasteiger partial charge in [0.25, 0.3) is 0 Å². The van der Waals surface area contributed by atoms with Gasteiger partial charge in [-0.2, -0.15) is 4.98 Å². The number of nitrogens with zero attached hydrogens (tertiary/aromatic N) is 3. The molecule has 1 aromatic carbocycles. The molecular formula is C13H11FN6. The second-order valence-electron chi connectivity index (χ2n) is 4.06. The van der Waals surface area contributed by atoms with E-state index in [1.807, 2.05) is 24.3 Å². The van der Waals surface area contributed by atoms with E-state index in [9.17, 15) is 4.39 Å². The Morgan fingerprint density at radius 2 is 2.05 bits per heavy atom. The van der Waals surface area contributed by atoms with E-state index >= 15 is 0 Å². The molecule has 0 aliphatic carbocycles. The van der Waals surface area contributed by atoms with Crippen LogP contribution < -0.4 is 16.6 Å². The van der Waals surface area contributed by atoms with Crippen LogP contribution in [0.15, 0.2) is 42.9 Å². The van der Waals surface area contributed by atoms with Crippen LogP contribution in [-0.2, 0) is 0 Å². The van der Waals surface area contributed by atoms with Gasteiger partial charge in [-0.15, -0.1) is 0 Å². The van der Waals surface area contributed by atoms with Crippen molar-refractivity contribution in [1.82, 2.24) is 15.0 Å². The van der Waals surface area contributed by atoms with Gasteiger partial charge in [0.2, 0.25) is 5.95 Å². The summed E-state index contributed by atoms with van der Waals surface area (Å²) in [7, 11) is 0. The molecule has 0 atom stereocenters. The molecule has 2 heterocycles. The number of nitrogen functional groups attached to an aromatic ring is 1. The van der Waals surface area contributed by atoms with Gasteiger partial charge in [-0.05, 0) is 17.5 Å². The van der Waals surface area contributed by atoms with E-state index in [1.165, 1.54) is 0 Å². The van der Waals surface area contributed by atoms with E-state index in [1.54, 1.807) is 12.4 Å². The first-order chi connectivity index (χ1) is 9.78. The summed E-state index contributed by atoms with van der Waals surface area (Å²) < 4.78 is 13.7. The van der Waals surface area contributed by atoms with Crippen LogP contribution in [0.4, 0.5) is 21.8 Å². The molecule has 3 rings (SSSR count). The second kappa shape index (κ2) is 5.06. The number of hydrogen-bond donors (Lipinski definition) is 3. The Morgan fingerprint density at radius 1 is 1.15 bits per heavy atom. The molecule has 0 aliphatic rings. The van der Waals surface area contributed by atoms with Crippen LogP contribution in [0.1, 0.15) is 0 Å². The fraction of sp³-hybridized carbons (Fsp3) is 0. The fourth-order valence-corrected chi connectivity index (χ4v) is 1.87. The highest BCUT2D eigenvalue weighted by molar-refractivity contribution is 5.94. The minimum absolute atomic E-state index is 0.0457. The van der Waals surface area contributed by atoms with E-state index < -0.39 is 5.82 Å². The molecule has 0 saturated heterocycles. The largest absolute Gasteiger partial charge is 0.337 e. The predicted molar refractivity (Wildman–Crippen MR) is 74.8 cm³/mol. The lowest BCUT2D eigenvalue weighted by Crippen LogP contribution is -2.12. The normalized spacial score (nSPS) is 10.5. The van der Waals surface area contributed by atoms with Crippen molar-refractivity contribution in [3.8, 4) is 0 Å². The summed E-state index contributed by atoms with van der Waals surface area (Å²) in [5.41, 5.74) is 2.98. The van der Waals surface area contributed by atoms with Crippen molar-refractivity contribution in [2.24, 2.45) is 5.84 Å². The Labute approximate surface area is 113 Å². The molecule has 6 nitrogen and oxygen atoms in total. The van der Waals surface area contributed by atoms with Gasteiger partial charge >= 0.3 is 0 Å². The van der Waals surface area contributed by atoms with Crippen LogP contribution >= 0.6 is 0 Å². The number of aromatic nitrogens is 3. The van der Waals surface area contributed by atoms with Gasteiger partial charge in [0.05, 0.1) is 6.20 Å². The fourth-order valence-electron chi connectivity index (χ4n) is 1.87. The summed E-state index contributed by atoms with van der Waals surface area (Å²) in [4.78, 5) is 11.7. The van der Waals surface area contributed by atoms with Crippen molar-refractivity contribution in [3.05, 3.63) is 48.7 Å². The maximum absolute atomic E-state index is 13.7. The number of rotatable bonds is 3. The molecule has 2 aromatic heterocycles. The van der Waals surface area contributed by atoms with E-state index in [-0.39, 0.29) is 11.8 Å². The van der Waals surface area contributed by atoms with Crippen molar-refractivity contribution in [1.29, 1.82) is 0 Å². The van der Waals surface area contributed by atoms with Crippen LogP contribution in [0.3, 0.4) is 0 Å². The summed E-state index contributed by atoms with van der Waals surface area (Å²) in [6.45, 7) is 0. The average molecular weight is 270 g/mol. The van der Waals surface area contributed by atoms with Crippen molar-refractivity contribution >= 4 is 28.2 Å². The second-order valence-corrected chi connectivity index (χ2v) is 4.06. The molecule has 0 amide bonds. The minimum atomic E-state index is -0.565. The maximum atomic E-state index is 13.7.